The van der Waals surface area contributed by atoms with Gasteiger partial charge in [0.25, 0.3) is 0 Å². The third-order valence-corrected chi connectivity index (χ3v) is 3.38. The minimum absolute atomic E-state index is 0.0577. The number of ketones is 1. The van der Waals surface area contributed by atoms with E-state index in [4.69, 9.17) is 16.6 Å². The number of hydrogen-bond acceptors (Lipinski definition) is 6. The number of carbonyl (C=O) groups excluding carboxylic acids is 3. The van der Waals surface area contributed by atoms with Gasteiger partial charge < -0.3 is 27.2 Å². The van der Waals surface area contributed by atoms with Crippen LogP contribution in [0.1, 0.15) is 52.5 Å². The molecule has 0 bridgehead atoms. The summed E-state index contributed by atoms with van der Waals surface area (Å²) in [5.41, 5.74) is 12.1. The first-order valence-electron chi connectivity index (χ1n) is 9.90. The van der Waals surface area contributed by atoms with Crippen molar-refractivity contribution in [2.45, 2.75) is 53.0 Å². The molecular weight excluding hydrogens is 372 g/mol. The van der Waals surface area contributed by atoms with E-state index in [1.807, 2.05) is 19.9 Å². The van der Waals surface area contributed by atoms with E-state index in [9.17, 15) is 14.4 Å². The van der Waals surface area contributed by atoms with Crippen molar-refractivity contribution >= 4 is 18.1 Å². The molecule has 0 aromatic heterocycles. The van der Waals surface area contributed by atoms with E-state index in [0.717, 1.165) is 13.0 Å². The molecule has 0 heterocycles. The van der Waals surface area contributed by atoms with Crippen LogP contribution >= 0.6 is 0 Å². The van der Waals surface area contributed by atoms with Gasteiger partial charge in [0.2, 0.25) is 12.3 Å². The van der Waals surface area contributed by atoms with Gasteiger partial charge in [0.1, 0.15) is 0 Å². The SMILES string of the molecule is CC.CC(=O)C(CN)NC(=O)CNC=O.CC(CCN)c1ccccc1.CCO. The molecule has 0 aliphatic rings. The van der Waals surface area contributed by atoms with Gasteiger partial charge in [-0.25, -0.2) is 0 Å². The number of amides is 2. The Bertz CT molecular complexity index is 513. The average Bonchev–Trinajstić information content (AvgIpc) is 2.73. The summed E-state index contributed by atoms with van der Waals surface area (Å²) in [6.45, 7) is 10.2. The predicted molar refractivity (Wildman–Crippen MR) is 118 cm³/mol. The molecule has 0 saturated heterocycles. The number of carbonyl (C=O) groups is 3. The van der Waals surface area contributed by atoms with Crippen LogP contribution in [-0.4, -0.2) is 55.5 Å². The molecule has 0 aliphatic heterocycles. The van der Waals surface area contributed by atoms with Crippen LogP contribution in [0, 0.1) is 0 Å². The molecule has 1 aromatic carbocycles. The summed E-state index contributed by atoms with van der Waals surface area (Å²) < 4.78 is 0. The molecule has 168 valence electrons. The lowest BCUT2D eigenvalue weighted by molar-refractivity contribution is -0.126. The molecule has 7 N–H and O–H groups in total. The standard InChI is InChI=1S/C10H15N.C7H13N3O3.C2H6O.C2H6/c1-9(7-8-11)10-5-3-2-4-6-10;1-5(12)6(2-8)10-7(13)3-9-4-11;1-2-3;1-2/h2-6,9H,7-8,11H2,1H3;4,6H,2-3,8H2,1H3,(H,9,11)(H,10,13);3H,2H2,1H3;1-2H3. The van der Waals surface area contributed by atoms with E-state index < -0.39 is 11.9 Å². The van der Waals surface area contributed by atoms with Crippen molar-refractivity contribution in [3.63, 3.8) is 0 Å². The third-order valence-electron chi connectivity index (χ3n) is 3.38. The van der Waals surface area contributed by atoms with Crippen molar-refractivity contribution in [2.24, 2.45) is 11.5 Å². The molecule has 0 fully saturated rings. The second kappa shape index (κ2) is 23.7. The zero-order valence-electron chi connectivity index (χ0n) is 18.5. The van der Waals surface area contributed by atoms with Gasteiger partial charge >= 0.3 is 0 Å². The van der Waals surface area contributed by atoms with Crippen LogP contribution in [0.5, 0.6) is 0 Å². The van der Waals surface area contributed by atoms with Crippen LogP contribution < -0.4 is 22.1 Å². The summed E-state index contributed by atoms with van der Waals surface area (Å²) in [5.74, 6) is -0.0408. The highest BCUT2D eigenvalue weighted by molar-refractivity contribution is 5.88. The van der Waals surface area contributed by atoms with Crippen molar-refractivity contribution in [1.82, 2.24) is 10.6 Å². The molecule has 8 nitrogen and oxygen atoms in total. The van der Waals surface area contributed by atoms with Gasteiger partial charge in [0.15, 0.2) is 5.78 Å². The molecule has 29 heavy (non-hydrogen) atoms. The van der Waals surface area contributed by atoms with E-state index in [2.05, 4.69) is 41.8 Å². The van der Waals surface area contributed by atoms with Gasteiger partial charge in [-0.05, 0) is 38.3 Å². The zero-order valence-corrected chi connectivity index (χ0v) is 18.5. The Morgan fingerprint density at radius 1 is 1.17 bits per heavy atom. The molecule has 8 heteroatoms. The third kappa shape index (κ3) is 20.3. The summed E-state index contributed by atoms with van der Waals surface area (Å²) in [4.78, 5) is 31.6. The van der Waals surface area contributed by atoms with E-state index >= 15 is 0 Å². The lowest BCUT2D eigenvalue weighted by atomic mass is 9.98. The molecule has 1 aromatic rings. The maximum absolute atomic E-state index is 10.9. The summed E-state index contributed by atoms with van der Waals surface area (Å²) in [6, 6.07) is 9.82. The van der Waals surface area contributed by atoms with E-state index in [1.165, 1.54) is 12.5 Å². The van der Waals surface area contributed by atoms with Gasteiger partial charge in [-0.2, -0.15) is 0 Å². The van der Waals surface area contributed by atoms with E-state index in [-0.39, 0.29) is 25.5 Å². The predicted octanol–water partition coefficient (Wildman–Crippen LogP) is 0.929. The van der Waals surface area contributed by atoms with Gasteiger partial charge in [0.05, 0.1) is 12.6 Å². The molecule has 2 atom stereocenters. The lowest BCUT2D eigenvalue weighted by Crippen LogP contribution is -2.47. The van der Waals surface area contributed by atoms with E-state index in [1.54, 1.807) is 6.92 Å². The number of benzene rings is 1. The number of nitrogens with two attached hydrogens (primary N) is 2. The first-order valence-corrected chi connectivity index (χ1v) is 9.90. The quantitative estimate of drug-likeness (QED) is 0.381. The molecule has 2 amide bonds. The Morgan fingerprint density at radius 3 is 2.07 bits per heavy atom. The molecule has 2 unspecified atom stereocenters. The zero-order chi connectivity index (χ0) is 23.1. The Balaban J connectivity index is -0.000000384. The normalized spacial score (nSPS) is 10.9. The number of aliphatic hydroxyl groups is 1. The summed E-state index contributed by atoms with van der Waals surface area (Å²) >= 11 is 0. The molecular formula is C21H40N4O4. The number of hydrogen-bond donors (Lipinski definition) is 5. The molecule has 1 rings (SSSR count). The van der Waals surface area contributed by atoms with Crippen LogP contribution in [0.15, 0.2) is 30.3 Å². The van der Waals surface area contributed by atoms with Crippen molar-refractivity contribution in [1.29, 1.82) is 0 Å². The fourth-order valence-corrected chi connectivity index (χ4v) is 1.90. The Morgan fingerprint density at radius 2 is 1.69 bits per heavy atom. The minimum Gasteiger partial charge on any atom is -0.397 e. The number of rotatable bonds is 9. The van der Waals surface area contributed by atoms with Crippen LogP contribution in [0.25, 0.3) is 0 Å². The largest absolute Gasteiger partial charge is 0.397 e. The van der Waals surface area contributed by atoms with Crippen LogP contribution in [0.2, 0.25) is 0 Å². The molecule has 0 saturated carbocycles. The maximum atomic E-state index is 10.9. The highest BCUT2D eigenvalue weighted by Crippen LogP contribution is 2.16. The fourth-order valence-electron chi connectivity index (χ4n) is 1.90. The van der Waals surface area contributed by atoms with Gasteiger partial charge in [-0.3, -0.25) is 14.4 Å². The fraction of sp³-hybridized carbons (Fsp3) is 0.571. The van der Waals surface area contributed by atoms with Gasteiger partial charge in [-0.15, -0.1) is 0 Å². The van der Waals surface area contributed by atoms with Gasteiger partial charge in [0, 0.05) is 13.2 Å². The Kier molecular flexibility index (Phi) is 25.7. The van der Waals surface area contributed by atoms with Crippen molar-refractivity contribution in [3.8, 4) is 0 Å². The average molecular weight is 413 g/mol. The first kappa shape index (κ1) is 31.4. The maximum Gasteiger partial charge on any atom is 0.240 e. The van der Waals surface area contributed by atoms with Crippen molar-refractivity contribution < 1.29 is 19.5 Å². The summed E-state index contributed by atoms with van der Waals surface area (Å²) in [7, 11) is 0. The molecule has 0 radical (unpaired) electrons. The Labute approximate surface area is 175 Å². The number of Topliss-reactive ketones (excluding diaryl/α,β-unsaturated/α-hetero) is 1. The molecule has 0 aliphatic carbocycles. The summed E-state index contributed by atoms with van der Waals surface area (Å²) in [5, 5.41) is 12.1. The minimum atomic E-state index is -0.666. The van der Waals surface area contributed by atoms with Crippen LogP contribution in [0.3, 0.4) is 0 Å². The summed E-state index contributed by atoms with van der Waals surface area (Å²) in [6.07, 6.45) is 1.48. The number of aliphatic hydroxyl groups excluding tert-OH is 1. The highest BCUT2D eigenvalue weighted by atomic mass is 16.2. The Hall–Kier alpha value is -2.29. The second-order valence-electron chi connectivity index (χ2n) is 5.67. The topological polar surface area (TPSA) is 148 Å². The number of nitrogens with one attached hydrogen (secondary N) is 2. The smallest absolute Gasteiger partial charge is 0.240 e. The van der Waals surface area contributed by atoms with Crippen LogP contribution in [0.4, 0.5) is 0 Å². The highest BCUT2D eigenvalue weighted by Gasteiger charge is 2.14. The van der Waals surface area contributed by atoms with Gasteiger partial charge in [-0.1, -0.05) is 51.1 Å². The lowest BCUT2D eigenvalue weighted by Gasteiger charge is -2.12. The second-order valence-corrected chi connectivity index (χ2v) is 5.67. The van der Waals surface area contributed by atoms with E-state index in [0.29, 0.717) is 12.3 Å². The monoisotopic (exact) mass is 412 g/mol. The van der Waals surface area contributed by atoms with Crippen molar-refractivity contribution in [2.75, 3.05) is 26.2 Å². The first-order chi connectivity index (χ1) is 13.9. The molecule has 0 spiro atoms. The van der Waals surface area contributed by atoms with Crippen molar-refractivity contribution in [3.05, 3.63) is 35.9 Å². The van der Waals surface area contributed by atoms with Crippen LogP contribution in [-0.2, 0) is 14.4 Å².